The zero-order valence-corrected chi connectivity index (χ0v) is 22.5. The van der Waals surface area contributed by atoms with Crippen molar-refractivity contribution in [3.05, 3.63) is 29.8 Å². The van der Waals surface area contributed by atoms with E-state index in [1.165, 1.54) is 38.5 Å². The predicted octanol–water partition coefficient (Wildman–Crippen LogP) is 3.25. The van der Waals surface area contributed by atoms with Gasteiger partial charge in [0.15, 0.2) is 5.96 Å². The first kappa shape index (κ1) is 27.3. The third kappa shape index (κ3) is 7.42. The van der Waals surface area contributed by atoms with Crippen molar-refractivity contribution in [1.29, 1.82) is 0 Å². The van der Waals surface area contributed by atoms with Crippen molar-refractivity contribution >= 4 is 23.9 Å². The summed E-state index contributed by atoms with van der Waals surface area (Å²) >= 11 is 0. The number of amides is 2. The third-order valence-corrected chi connectivity index (χ3v) is 8.73. The molecule has 1 aliphatic heterocycles. The van der Waals surface area contributed by atoms with Gasteiger partial charge in [-0.15, -0.1) is 0 Å². The Kier molecular flexibility index (Phi) is 8.57. The summed E-state index contributed by atoms with van der Waals surface area (Å²) in [7, 11) is 0. The van der Waals surface area contributed by atoms with Crippen molar-refractivity contribution in [3.8, 4) is 5.75 Å². The monoisotopic (exact) mass is 540 g/mol. The molecule has 0 saturated heterocycles. The number of rotatable bonds is 12. The second-order valence-electron chi connectivity index (χ2n) is 11.8. The third-order valence-electron chi connectivity index (χ3n) is 8.73. The van der Waals surface area contributed by atoms with Crippen molar-refractivity contribution in [1.82, 2.24) is 16.0 Å². The summed E-state index contributed by atoms with van der Waals surface area (Å²) in [4.78, 5) is 40.3. The minimum atomic E-state index is -1.11. The molecule has 1 aromatic carbocycles. The Hall–Kier alpha value is -3.30. The molecule has 0 unspecified atom stereocenters. The predicted molar refractivity (Wildman–Crippen MR) is 144 cm³/mol. The van der Waals surface area contributed by atoms with Crippen molar-refractivity contribution in [2.24, 2.45) is 28.2 Å². The van der Waals surface area contributed by atoms with E-state index in [1.54, 1.807) is 24.3 Å². The Balaban J connectivity index is 1.00. The zero-order valence-electron chi connectivity index (χ0n) is 22.5. The normalized spacial score (nSPS) is 27.3. The van der Waals surface area contributed by atoms with Gasteiger partial charge in [-0.05, 0) is 92.2 Å². The molecular formula is C29H40N4O6. The van der Waals surface area contributed by atoms with Crippen LogP contribution in [0.25, 0.3) is 0 Å². The van der Waals surface area contributed by atoms with E-state index in [-0.39, 0.29) is 12.3 Å². The summed E-state index contributed by atoms with van der Waals surface area (Å²) < 4.78 is 11.2. The van der Waals surface area contributed by atoms with Gasteiger partial charge in [0.2, 0.25) is 5.91 Å². The van der Waals surface area contributed by atoms with Gasteiger partial charge in [0, 0.05) is 19.4 Å². The number of hydrogen-bond acceptors (Lipinski definition) is 7. The molecule has 10 nitrogen and oxygen atoms in total. The maximum absolute atomic E-state index is 12.4. The van der Waals surface area contributed by atoms with E-state index in [4.69, 9.17) is 9.47 Å². The summed E-state index contributed by atoms with van der Waals surface area (Å²) in [6.45, 7) is 2.12. The number of aliphatic carboxylic acids is 1. The van der Waals surface area contributed by atoms with Crippen molar-refractivity contribution in [3.63, 3.8) is 0 Å². The molecule has 1 aromatic rings. The van der Waals surface area contributed by atoms with Gasteiger partial charge in [-0.1, -0.05) is 12.1 Å². The Morgan fingerprint density at radius 1 is 1.05 bits per heavy atom. The van der Waals surface area contributed by atoms with E-state index in [1.807, 2.05) is 0 Å². The van der Waals surface area contributed by atoms with Gasteiger partial charge in [-0.25, -0.2) is 9.59 Å². The number of guanidine groups is 1. The van der Waals surface area contributed by atoms with E-state index in [2.05, 4.69) is 20.9 Å². The van der Waals surface area contributed by atoms with Gasteiger partial charge in [0.25, 0.3) is 0 Å². The fourth-order valence-corrected chi connectivity index (χ4v) is 7.40. The van der Waals surface area contributed by atoms with Crippen LogP contribution in [0, 0.1) is 23.2 Å². The molecule has 6 rings (SSSR count). The molecule has 4 fully saturated rings. The fraction of sp³-hybridized carbons (Fsp3) is 0.655. The number of nitrogens with one attached hydrogen (secondary N) is 3. The molecule has 0 radical (unpaired) electrons. The second-order valence-corrected chi connectivity index (χ2v) is 11.8. The highest BCUT2D eigenvalue weighted by Crippen LogP contribution is 2.61. The van der Waals surface area contributed by atoms with Crippen LogP contribution in [-0.4, -0.2) is 61.4 Å². The Morgan fingerprint density at radius 3 is 2.36 bits per heavy atom. The molecule has 0 spiro atoms. The topological polar surface area (TPSA) is 138 Å². The largest absolute Gasteiger partial charge is 0.494 e. The molecule has 1 heterocycles. The number of carboxylic acids is 1. The fourth-order valence-electron chi connectivity index (χ4n) is 7.40. The number of carbonyl (C=O) groups excluding carboxylic acids is 2. The number of ether oxygens (including phenoxy) is 2. The number of alkyl carbamates (subject to hydrolysis) is 1. The molecule has 1 atom stereocenters. The molecule has 4 bridgehead atoms. The van der Waals surface area contributed by atoms with Gasteiger partial charge in [0.1, 0.15) is 11.8 Å². The summed E-state index contributed by atoms with van der Waals surface area (Å²) in [5.74, 6) is 2.48. The Labute approximate surface area is 229 Å². The highest BCUT2D eigenvalue weighted by Gasteiger charge is 2.50. The van der Waals surface area contributed by atoms with E-state index in [0.29, 0.717) is 49.7 Å². The van der Waals surface area contributed by atoms with Crippen LogP contribution < -0.4 is 20.7 Å². The summed E-state index contributed by atoms with van der Waals surface area (Å²) in [5, 5.41) is 17.9. The SMILES string of the molecule is O=C(CCCOc1ccc(C[C@H](NC(=O)OCCC23CC4CC(CC(C4)C2)C3)C(=O)O)cc1)NC1=NCCN1. The average Bonchev–Trinajstić information content (AvgIpc) is 3.39. The van der Waals surface area contributed by atoms with E-state index < -0.39 is 18.1 Å². The number of nitrogens with zero attached hydrogens (tertiary/aromatic N) is 1. The van der Waals surface area contributed by atoms with Crippen LogP contribution in [0.1, 0.15) is 63.4 Å². The minimum Gasteiger partial charge on any atom is -0.494 e. The molecule has 5 aliphatic rings. The van der Waals surface area contributed by atoms with Crippen LogP contribution in [0.2, 0.25) is 0 Å². The lowest BCUT2D eigenvalue weighted by Gasteiger charge is -2.57. The first-order valence-electron chi connectivity index (χ1n) is 14.3. The quantitative estimate of drug-likeness (QED) is 0.299. The van der Waals surface area contributed by atoms with Crippen LogP contribution >= 0.6 is 0 Å². The van der Waals surface area contributed by atoms with Crippen LogP contribution in [-0.2, 0) is 20.7 Å². The molecule has 4 aliphatic carbocycles. The van der Waals surface area contributed by atoms with E-state index in [9.17, 15) is 19.5 Å². The minimum absolute atomic E-state index is 0.111. The van der Waals surface area contributed by atoms with Crippen LogP contribution in [0.5, 0.6) is 5.75 Å². The standard InChI is InChI=1S/C29H40N4O6/c34-25(33-27-30-8-9-31-27)2-1-10-38-23-5-3-19(4-6-23)15-24(26(35)36)32-28(37)39-11-7-29-16-20-12-21(17-29)14-22(13-20)18-29/h3-6,20-22,24H,1-2,7-18H2,(H,32,37)(H,35,36)(H2,30,31,33,34)/t20?,21?,22?,24-,29?/m0/s1. The number of carboxylic acid groups (broad SMARTS) is 1. The van der Waals surface area contributed by atoms with Gasteiger partial charge >= 0.3 is 12.1 Å². The van der Waals surface area contributed by atoms with Gasteiger partial charge in [0.05, 0.1) is 19.8 Å². The average molecular weight is 541 g/mol. The number of carbonyl (C=O) groups is 3. The maximum atomic E-state index is 12.4. The first-order chi connectivity index (χ1) is 18.9. The molecule has 4 N–H and O–H groups in total. The zero-order chi connectivity index (χ0) is 27.2. The molecule has 2 amide bonds. The number of benzene rings is 1. The number of aliphatic imine (C=N–C) groups is 1. The van der Waals surface area contributed by atoms with Crippen LogP contribution in [0.4, 0.5) is 4.79 Å². The summed E-state index contributed by atoms with van der Waals surface area (Å²) in [5.41, 5.74) is 1.08. The van der Waals surface area contributed by atoms with E-state index >= 15 is 0 Å². The molecule has 0 aromatic heterocycles. The maximum Gasteiger partial charge on any atom is 0.407 e. The van der Waals surface area contributed by atoms with Gasteiger partial charge in [-0.2, -0.15) is 0 Å². The Bertz CT molecular complexity index is 1040. The number of hydrogen-bond donors (Lipinski definition) is 4. The van der Waals surface area contributed by atoms with Crippen molar-refractivity contribution in [2.45, 2.75) is 70.3 Å². The molecule has 4 saturated carbocycles. The molecular weight excluding hydrogens is 500 g/mol. The summed E-state index contributed by atoms with van der Waals surface area (Å²) in [6.07, 6.45) is 9.11. The van der Waals surface area contributed by atoms with Crippen molar-refractivity contribution in [2.75, 3.05) is 26.3 Å². The molecule has 39 heavy (non-hydrogen) atoms. The smallest absolute Gasteiger partial charge is 0.407 e. The van der Waals surface area contributed by atoms with Crippen LogP contribution in [0.15, 0.2) is 29.3 Å². The Morgan fingerprint density at radius 2 is 1.74 bits per heavy atom. The second kappa shape index (κ2) is 12.3. The molecule has 212 valence electrons. The molecule has 10 heteroatoms. The first-order valence-corrected chi connectivity index (χ1v) is 14.3. The van der Waals surface area contributed by atoms with Crippen LogP contribution in [0.3, 0.4) is 0 Å². The lowest BCUT2D eigenvalue weighted by atomic mass is 9.49. The van der Waals surface area contributed by atoms with E-state index in [0.717, 1.165) is 36.3 Å². The van der Waals surface area contributed by atoms with Crippen molar-refractivity contribution < 1.29 is 29.0 Å². The summed E-state index contributed by atoms with van der Waals surface area (Å²) in [6, 6.07) is 6.00. The highest BCUT2D eigenvalue weighted by molar-refractivity contribution is 5.97. The lowest BCUT2D eigenvalue weighted by Crippen LogP contribution is -2.47. The van der Waals surface area contributed by atoms with Gasteiger partial charge in [-0.3, -0.25) is 15.1 Å². The highest BCUT2D eigenvalue weighted by atomic mass is 16.5. The lowest BCUT2D eigenvalue weighted by molar-refractivity contribution is -0.139. The van der Waals surface area contributed by atoms with Gasteiger partial charge < -0.3 is 25.2 Å².